The zero-order valence-electron chi connectivity index (χ0n) is 12.0. The third kappa shape index (κ3) is 2.85. The lowest BCUT2D eigenvalue weighted by atomic mass is 9.83. The molecule has 0 spiro atoms. The first-order valence-electron chi connectivity index (χ1n) is 7.87. The molecule has 2 aromatic rings. The van der Waals surface area contributed by atoms with Crippen molar-refractivity contribution < 1.29 is 5.11 Å². The van der Waals surface area contributed by atoms with Crippen molar-refractivity contribution in [2.75, 3.05) is 0 Å². The maximum absolute atomic E-state index is 10.8. The minimum Gasteiger partial charge on any atom is -0.388 e. The molecule has 1 N–H and O–H groups in total. The van der Waals surface area contributed by atoms with Crippen molar-refractivity contribution in [1.29, 1.82) is 0 Å². The molecule has 0 bridgehead atoms. The van der Waals surface area contributed by atoms with Gasteiger partial charge in [0.1, 0.15) is 0 Å². The van der Waals surface area contributed by atoms with Gasteiger partial charge in [0.2, 0.25) is 0 Å². The van der Waals surface area contributed by atoms with Crippen LogP contribution in [0.5, 0.6) is 0 Å². The van der Waals surface area contributed by atoms with Gasteiger partial charge in [-0.05, 0) is 35.8 Å². The van der Waals surface area contributed by atoms with Gasteiger partial charge < -0.3 is 5.11 Å². The topological polar surface area (TPSA) is 33.1 Å². The van der Waals surface area contributed by atoms with Gasteiger partial charge in [0.25, 0.3) is 0 Å². The Kier molecular flexibility index (Phi) is 4.31. The normalized spacial score (nSPS) is 19.4. The number of benzene rings is 1. The van der Waals surface area contributed by atoms with Gasteiger partial charge in [-0.25, -0.2) is 0 Å². The van der Waals surface area contributed by atoms with E-state index in [-0.39, 0.29) is 6.10 Å². The summed E-state index contributed by atoms with van der Waals surface area (Å²) in [5, 5.41) is 13.1. The SMILES string of the molecule is OC(c1cccc2ccncc12)C1CCCCCCC1. The quantitative estimate of drug-likeness (QED) is 0.862. The molecule has 1 unspecified atom stereocenters. The van der Waals surface area contributed by atoms with Crippen LogP contribution in [0.25, 0.3) is 10.8 Å². The van der Waals surface area contributed by atoms with Crippen LogP contribution in [0.3, 0.4) is 0 Å². The molecule has 3 rings (SSSR count). The molecule has 0 radical (unpaired) electrons. The smallest absolute Gasteiger partial charge is 0.0824 e. The molecule has 20 heavy (non-hydrogen) atoms. The molecule has 1 saturated carbocycles. The number of aliphatic hydroxyl groups is 1. The number of nitrogens with zero attached hydrogens (tertiary/aromatic N) is 1. The molecule has 1 aromatic carbocycles. The Morgan fingerprint density at radius 1 is 1.00 bits per heavy atom. The monoisotopic (exact) mass is 269 g/mol. The van der Waals surface area contributed by atoms with E-state index in [0.717, 1.165) is 23.8 Å². The molecule has 0 amide bonds. The first-order valence-corrected chi connectivity index (χ1v) is 7.87. The van der Waals surface area contributed by atoms with Crippen LogP contribution < -0.4 is 0 Å². The van der Waals surface area contributed by atoms with Crippen LogP contribution in [-0.2, 0) is 0 Å². The third-order valence-corrected chi connectivity index (χ3v) is 4.63. The summed E-state index contributed by atoms with van der Waals surface area (Å²) in [6.45, 7) is 0. The number of fused-ring (bicyclic) bond motifs is 1. The Morgan fingerprint density at radius 3 is 2.55 bits per heavy atom. The highest BCUT2D eigenvalue weighted by Crippen LogP contribution is 2.35. The van der Waals surface area contributed by atoms with Crippen molar-refractivity contribution >= 4 is 10.8 Å². The van der Waals surface area contributed by atoms with Gasteiger partial charge in [0, 0.05) is 17.8 Å². The minimum atomic E-state index is -0.346. The van der Waals surface area contributed by atoms with Crippen LogP contribution >= 0.6 is 0 Å². The summed E-state index contributed by atoms with van der Waals surface area (Å²) in [5.41, 5.74) is 1.06. The van der Waals surface area contributed by atoms with E-state index in [4.69, 9.17) is 0 Å². The fraction of sp³-hybridized carbons (Fsp3) is 0.500. The van der Waals surface area contributed by atoms with Gasteiger partial charge in [-0.15, -0.1) is 0 Å². The molecule has 1 aromatic heterocycles. The van der Waals surface area contributed by atoms with E-state index in [1.54, 1.807) is 0 Å². The van der Waals surface area contributed by atoms with Crippen LogP contribution in [0.2, 0.25) is 0 Å². The molecule has 1 heterocycles. The summed E-state index contributed by atoms with van der Waals surface area (Å²) in [6, 6.07) is 8.21. The van der Waals surface area contributed by atoms with Crippen LogP contribution in [-0.4, -0.2) is 10.1 Å². The summed E-state index contributed by atoms with van der Waals surface area (Å²) < 4.78 is 0. The molecule has 0 saturated heterocycles. The molecule has 1 aliphatic carbocycles. The van der Waals surface area contributed by atoms with Crippen LogP contribution in [0.1, 0.15) is 56.6 Å². The van der Waals surface area contributed by atoms with Crippen molar-refractivity contribution in [2.24, 2.45) is 5.92 Å². The maximum atomic E-state index is 10.8. The molecular weight excluding hydrogens is 246 g/mol. The Labute approximate surface area is 120 Å². The van der Waals surface area contributed by atoms with E-state index in [0.29, 0.717) is 5.92 Å². The molecule has 1 atom stereocenters. The average Bonchev–Trinajstić information content (AvgIpc) is 2.46. The molecule has 106 valence electrons. The summed E-state index contributed by atoms with van der Waals surface area (Å²) in [5.74, 6) is 0.404. The van der Waals surface area contributed by atoms with E-state index in [1.165, 1.54) is 37.5 Å². The molecule has 1 fully saturated rings. The number of pyridine rings is 1. The maximum Gasteiger partial charge on any atom is 0.0824 e. The fourth-order valence-corrected chi connectivity index (χ4v) is 3.45. The van der Waals surface area contributed by atoms with E-state index < -0.39 is 0 Å². The number of aliphatic hydroxyl groups excluding tert-OH is 1. The Bertz CT molecular complexity index is 553. The van der Waals surface area contributed by atoms with Crippen LogP contribution in [0.4, 0.5) is 0 Å². The van der Waals surface area contributed by atoms with Crippen molar-refractivity contribution in [3.63, 3.8) is 0 Å². The number of hydrogen-bond acceptors (Lipinski definition) is 2. The molecule has 1 aliphatic rings. The van der Waals surface area contributed by atoms with E-state index >= 15 is 0 Å². The summed E-state index contributed by atoms with van der Waals surface area (Å²) >= 11 is 0. The number of aromatic nitrogens is 1. The zero-order valence-corrected chi connectivity index (χ0v) is 12.0. The lowest BCUT2D eigenvalue weighted by molar-refractivity contribution is 0.0925. The van der Waals surface area contributed by atoms with Crippen LogP contribution in [0.15, 0.2) is 36.7 Å². The Morgan fingerprint density at radius 2 is 1.75 bits per heavy atom. The largest absolute Gasteiger partial charge is 0.388 e. The lowest BCUT2D eigenvalue weighted by Gasteiger charge is -2.26. The molecular formula is C18H23NO. The van der Waals surface area contributed by atoms with Gasteiger partial charge in [0.05, 0.1) is 6.10 Å². The second-order valence-electron chi connectivity index (χ2n) is 5.99. The third-order valence-electron chi connectivity index (χ3n) is 4.63. The highest BCUT2D eigenvalue weighted by molar-refractivity contribution is 5.85. The van der Waals surface area contributed by atoms with Crippen molar-refractivity contribution in [3.8, 4) is 0 Å². The van der Waals surface area contributed by atoms with Gasteiger partial charge in [-0.1, -0.05) is 50.3 Å². The second kappa shape index (κ2) is 6.36. The van der Waals surface area contributed by atoms with E-state index in [1.807, 2.05) is 24.5 Å². The van der Waals surface area contributed by atoms with Gasteiger partial charge in [-0.3, -0.25) is 4.98 Å². The fourth-order valence-electron chi connectivity index (χ4n) is 3.45. The van der Waals surface area contributed by atoms with Crippen molar-refractivity contribution in [2.45, 2.75) is 51.0 Å². The summed E-state index contributed by atoms with van der Waals surface area (Å²) in [7, 11) is 0. The Balaban J connectivity index is 1.89. The highest BCUT2D eigenvalue weighted by Gasteiger charge is 2.22. The average molecular weight is 269 g/mol. The first kappa shape index (κ1) is 13.6. The first-order chi connectivity index (χ1) is 9.86. The zero-order chi connectivity index (χ0) is 13.8. The summed E-state index contributed by atoms with van der Waals surface area (Å²) in [4.78, 5) is 4.22. The Hall–Kier alpha value is -1.41. The molecule has 2 nitrogen and oxygen atoms in total. The van der Waals surface area contributed by atoms with Gasteiger partial charge in [-0.2, -0.15) is 0 Å². The van der Waals surface area contributed by atoms with E-state index in [9.17, 15) is 5.11 Å². The van der Waals surface area contributed by atoms with Crippen molar-refractivity contribution in [1.82, 2.24) is 4.98 Å². The number of hydrogen-bond donors (Lipinski definition) is 1. The highest BCUT2D eigenvalue weighted by atomic mass is 16.3. The standard InChI is InChI=1S/C18H23NO/c20-18(15-7-4-2-1-3-5-8-15)16-10-6-9-14-11-12-19-13-17(14)16/h6,9-13,15,18,20H,1-5,7-8H2. The number of rotatable bonds is 2. The van der Waals surface area contributed by atoms with E-state index in [2.05, 4.69) is 17.1 Å². The molecule has 2 heteroatoms. The second-order valence-corrected chi connectivity index (χ2v) is 5.99. The predicted octanol–water partition coefficient (Wildman–Crippen LogP) is 4.63. The van der Waals surface area contributed by atoms with Gasteiger partial charge in [0.15, 0.2) is 0 Å². The summed E-state index contributed by atoms with van der Waals surface area (Å²) in [6.07, 6.45) is 12.2. The lowest BCUT2D eigenvalue weighted by Crippen LogP contribution is -2.14. The molecule has 0 aliphatic heterocycles. The van der Waals surface area contributed by atoms with Gasteiger partial charge >= 0.3 is 0 Å². The van der Waals surface area contributed by atoms with Crippen molar-refractivity contribution in [3.05, 3.63) is 42.2 Å². The van der Waals surface area contributed by atoms with Crippen LogP contribution in [0, 0.1) is 5.92 Å². The minimum absolute atomic E-state index is 0.346. The predicted molar refractivity (Wildman–Crippen MR) is 82.5 cm³/mol.